The number of thiazole rings is 1. The van der Waals surface area contributed by atoms with Crippen molar-refractivity contribution in [2.75, 3.05) is 13.6 Å². The Kier molecular flexibility index (Phi) is 3.65. The van der Waals surface area contributed by atoms with E-state index in [9.17, 15) is 0 Å². The summed E-state index contributed by atoms with van der Waals surface area (Å²) in [5.74, 6) is 0.710. The van der Waals surface area contributed by atoms with Crippen molar-refractivity contribution in [3.63, 3.8) is 0 Å². The van der Waals surface area contributed by atoms with E-state index in [1.54, 1.807) is 0 Å². The minimum Gasteiger partial charge on any atom is -0.319 e. The fourth-order valence-corrected chi connectivity index (χ4v) is 3.21. The molecule has 0 aliphatic heterocycles. The zero-order chi connectivity index (χ0) is 11.6. The van der Waals surface area contributed by atoms with Gasteiger partial charge in [-0.15, -0.1) is 11.3 Å². The Morgan fingerprint density at radius 2 is 2.25 bits per heavy atom. The van der Waals surface area contributed by atoms with E-state index in [1.807, 2.05) is 18.4 Å². The minimum atomic E-state index is 0.543. The standard InChI is InChI=1S/C13H22N2S/c1-10(2)6-11-8-16-12(15-11)7-13(4-5-13)9-14-3/h8,10,14H,4-7,9H2,1-3H3. The molecule has 1 aromatic heterocycles. The lowest BCUT2D eigenvalue weighted by Gasteiger charge is -2.11. The monoisotopic (exact) mass is 238 g/mol. The molecule has 2 rings (SSSR count). The molecule has 0 radical (unpaired) electrons. The summed E-state index contributed by atoms with van der Waals surface area (Å²) in [6, 6.07) is 0. The van der Waals surface area contributed by atoms with Gasteiger partial charge in [-0.2, -0.15) is 0 Å². The lowest BCUT2D eigenvalue weighted by Crippen LogP contribution is -2.21. The fraction of sp³-hybridized carbons (Fsp3) is 0.769. The van der Waals surface area contributed by atoms with Crippen LogP contribution in [-0.2, 0) is 12.8 Å². The van der Waals surface area contributed by atoms with Crippen molar-refractivity contribution in [1.82, 2.24) is 10.3 Å². The summed E-state index contributed by atoms with van der Waals surface area (Å²) in [5.41, 5.74) is 1.83. The van der Waals surface area contributed by atoms with Crippen LogP contribution in [0.25, 0.3) is 0 Å². The van der Waals surface area contributed by atoms with Gasteiger partial charge < -0.3 is 5.32 Å². The molecular formula is C13H22N2S. The topological polar surface area (TPSA) is 24.9 Å². The molecule has 1 aromatic rings. The second-order valence-electron chi connectivity index (χ2n) is 5.54. The van der Waals surface area contributed by atoms with Crippen LogP contribution in [0.4, 0.5) is 0 Å². The van der Waals surface area contributed by atoms with Gasteiger partial charge in [0.05, 0.1) is 10.7 Å². The van der Waals surface area contributed by atoms with Crippen molar-refractivity contribution < 1.29 is 0 Å². The Morgan fingerprint density at radius 3 is 2.81 bits per heavy atom. The van der Waals surface area contributed by atoms with Gasteiger partial charge in [0.1, 0.15) is 0 Å². The van der Waals surface area contributed by atoms with Crippen molar-refractivity contribution in [3.8, 4) is 0 Å². The minimum absolute atomic E-state index is 0.543. The highest BCUT2D eigenvalue weighted by atomic mass is 32.1. The molecule has 1 aliphatic carbocycles. The van der Waals surface area contributed by atoms with Crippen LogP contribution in [0.2, 0.25) is 0 Å². The molecule has 90 valence electrons. The van der Waals surface area contributed by atoms with E-state index in [4.69, 9.17) is 4.98 Å². The summed E-state index contributed by atoms with van der Waals surface area (Å²) in [4.78, 5) is 4.75. The van der Waals surface area contributed by atoms with Gasteiger partial charge in [0, 0.05) is 18.3 Å². The van der Waals surface area contributed by atoms with Crippen LogP contribution in [0.5, 0.6) is 0 Å². The van der Waals surface area contributed by atoms with Crippen molar-refractivity contribution in [1.29, 1.82) is 0 Å². The van der Waals surface area contributed by atoms with Crippen molar-refractivity contribution in [2.45, 2.75) is 39.5 Å². The fourth-order valence-electron chi connectivity index (χ4n) is 2.23. The summed E-state index contributed by atoms with van der Waals surface area (Å²) in [6.45, 7) is 5.65. The van der Waals surface area contributed by atoms with E-state index < -0.39 is 0 Å². The largest absolute Gasteiger partial charge is 0.319 e. The van der Waals surface area contributed by atoms with E-state index in [2.05, 4.69) is 24.5 Å². The van der Waals surface area contributed by atoms with Gasteiger partial charge in [0.15, 0.2) is 0 Å². The van der Waals surface area contributed by atoms with Crippen LogP contribution in [0.1, 0.15) is 37.4 Å². The molecule has 0 bridgehead atoms. The molecule has 0 unspecified atom stereocenters. The Balaban J connectivity index is 1.92. The molecule has 1 fully saturated rings. The molecule has 1 saturated carbocycles. The maximum absolute atomic E-state index is 4.75. The smallest absolute Gasteiger partial charge is 0.0934 e. The highest BCUT2D eigenvalue weighted by molar-refractivity contribution is 7.09. The van der Waals surface area contributed by atoms with E-state index >= 15 is 0 Å². The summed E-state index contributed by atoms with van der Waals surface area (Å²) in [5, 5.41) is 6.88. The Morgan fingerprint density at radius 1 is 1.50 bits per heavy atom. The van der Waals surface area contributed by atoms with E-state index in [0.717, 1.165) is 13.0 Å². The summed E-state index contributed by atoms with van der Waals surface area (Å²) < 4.78 is 0. The molecule has 1 N–H and O–H groups in total. The lowest BCUT2D eigenvalue weighted by atomic mass is 10.0. The van der Waals surface area contributed by atoms with Crippen LogP contribution in [0.15, 0.2) is 5.38 Å². The third-order valence-electron chi connectivity index (χ3n) is 3.25. The second-order valence-corrected chi connectivity index (χ2v) is 6.48. The number of rotatable bonds is 6. The first kappa shape index (κ1) is 12.1. The van der Waals surface area contributed by atoms with Gasteiger partial charge >= 0.3 is 0 Å². The number of nitrogens with zero attached hydrogens (tertiary/aromatic N) is 1. The number of aromatic nitrogens is 1. The normalized spacial score (nSPS) is 18.0. The van der Waals surface area contributed by atoms with Crippen LogP contribution in [-0.4, -0.2) is 18.6 Å². The molecule has 1 heterocycles. The van der Waals surface area contributed by atoms with Crippen LogP contribution in [0, 0.1) is 11.3 Å². The first-order valence-corrected chi connectivity index (χ1v) is 7.09. The van der Waals surface area contributed by atoms with Crippen molar-refractivity contribution in [2.24, 2.45) is 11.3 Å². The van der Waals surface area contributed by atoms with Gasteiger partial charge in [0.2, 0.25) is 0 Å². The molecular weight excluding hydrogens is 216 g/mol. The average molecular weight is 238 g/mol. The van der Waals surface area contributed by atoms with E-state index in [0.29, 0.717) is 11.3 Å². The quantitative estimate of drug-likeness (QED) is 0.824. The second kappa shape index (κ2) is 4.84. The van der Waals surface area contributed by atoms with Crippen molar-refractivity contribution >= 4 is 11.3 Å². The van der Waals surface area contributed by atoms with Gasteiger partial charge in [-0.1, -0.05) is 13.8 Å². The maximum atomic E-state index is 4.75. The predicted octanol–water partition coefficient (Wildman–Crippen LogP) is 2.88. The molecule has 3 heteroatoms. The number of hydrogen-bond acceptors (Lipinski definition) is 3. The van der Waals surface area contributed by atoms with E-state index in [-0.39, 0.29) is 0 Å². The van der Waals surface area contributed by atoms with Crippen LogP contribution in [0.3, 0.4) is 0 Å². The summed E-state index contributed by atoms with van der Waals surface area (Å²) in [6.07, 6.45) is 5.03. The zero-order valence-electron chi connectivity index (χ0n) is 10.5. The first-order valence-electron chi connectivity index (χ1n) is 6.21. The van der Waals surface area contributed by atoms with Gasteiger partial charge in [-0.05, 0) is 37.6 Å². The molecule has 1 aliphatic rings. The summed E-state index contributed by atoms with van der Waals surface area (Å²) >= 11 is 1.85. The first-order chi connectivity index (χ1) is 7.63. The lowest BCUT2D eigenvalue weighted by molar-refractivity contribution is 0.476. The van der Waals surface area contributed by atoms with Gasteiger partial charge in [-0.3, -0.25) is 0 Å². The molecule has 0 saturated heterocycles. The molecule has 2 nitrogen and oxygen atoms in total. The third kappa shape index (κ3) is 3.05. The Bertz CT molecular complexity index is 339. The maximum Gasteiger partial charge on any atom is 0.0934 e. The molecule has 0 atom stereocenters. The zero-order valence-corrected chi connectivity index (χ0v) is 11.4. The Labute approximate surface area is 102 Å². The highest BCUT2D eigenvalue weighted by Gasteiger charge is 2.42. The van der Waals surface area contributed by atoms with Gasteiger partial charge in [0.25, 0.3) is 0 Å². The van der Waals surface area contributed by atoms with Crippen molar-refractivity contribution in [3.05, 3.63) is 16.1 Å². The molecule has 0 amide bonds. The van der Waals surface area contributed by atoms with E-state index in [1.165, 1.54) is 30.0 Å². The third-order valence-corrected chi connectivity index (χ3v) is 4.15. The Hall–Kier alpha value is -0.410. The number of nitrogens with one attached hydrogen (secondary N) is 1. The van der Waals surface area contributed by atoms with Crippen LogP contribution < -0.4 is 5.32 Å². The summed E-state index contributed by atoms with van der Waals surface area (Å²) in [7, 11) is 2.05. The molecule has 16 heavy (non-hydrogen) atoms. The molecule has 0 spiro atoms. The average Bonchev–Trinajstić information content (AvgIpc) is 2.80. The van der Waals surface area contributed by atoms with Gasteiger partial charge in [-0.25, -0.2) is 4.98 Å². The van der Waals surface area contributed by atoms with Crippen LogP contribution >= 0.6 is 11.3 Å². The highest BCUT2D eigenvalue weighted by Crippen LogP contribution is 2.48. The number of hydrogen-bond donors (Lipinski definition) is 1. The SMILES string of the molecule is CNCC1(Cc2nc(CC(C)C)cs2)CC1. The predicted molar refractivity (Wildman–Crippen MR) is 70.0 cm³/mol. The molecule has 0 aromatic carbocycles.